The quantitative estimate of drug-likeness (QED) is 0.214. The highest BCUT2D eigenvalue weighted by molar-refractivity contribution is 5.90. The largest absolute Gasteiger partial charge is 0.507 e. The van der Waals surface area contributed by atoms with Gasteiger partial charge in [-0.3, -0.25) is 4.89 Å². The van der Waals surface area contributed by atoms with Crippen molar-refractivity contribution in [1.82, 2.24) is 15.0 Å². The highest BCUT2D eigenvalue weighted by atomic mass is 17.8. The maximum absolute atomic E-state index is 11.9. The Labute approximate surface area is 189 Å². The summed E-state index contributed by atoms with van der Waals surface area (Å²) in [5.74, 6) is -0.223. The number of phenolic OH excluding ortho intramolecular Hbond substituents is 1. The summed E-state index contributed by atoms with van der Waals surface area (Å²) < 4.78 is 0. The van der Waals surface area contributed by atoms with E-state index in [9.17, 15) is 9.90 Å². The molecule has 0 amide bonds. The van der Waals surface area contributed by atoms with Crippen molar-refractivity contribution in [2.45, 2.75) is 0 Å². The average molecular weight is 445 g/mol. The molecule has 10 heteroatoms. The van der Waals surface area contributed by atoms with Crippen molar-refractivity contribution >= 4 is 5.97 Å². The van der Waals surface area contributed by atoms with Crippen LogP contribution in [0.3, 0.4) is 0 Å². The first-order chi connectivity index (χ1) is 15.7. The molecule has 2 N–H and O–H groups in total. The van der Waals surface area contributed by atoms with E-state index in [-0.39, 0.29) is 31.3 Å². The van der Waals surface area contributed by atoms with Crippen molar-refractivity contribution in [2.75, 3.05) is 0 Å². The normalized spacial score (nSPS) is 10.7. The lowest BCUT2D eigenvalue weighted by Gasteiger charge is -2.10. The zero-order valence-electron chi connectivity index (χ0n) is 16.3. The van der Waals surface area contributed by atoms with E-state index < -0.39 is 5.97 Å². The van der Waals surface area contributed by atoms with Crippen LogP contribution in [0.1, 0.15) is 18.9 Å². The molecule has 172 valence electrons. The molecule has 0 atom stereocenters. The smallest absolute Gasteiger partial charge is 0.376 e. The number of phenols is 1. The van der Waals surface area contributed by atoms with E-state index in [0.717, 1.165) is 17.2 Å². The van der Waals surface area contributed by atoms with E-state index in [0.29, 0.717) is 11.6 Å². The highest BCUT2D eigenvalue weighted by Gasteiger charge is 2.17. The molecular weight excluding hydrogens is 418 g/mol. The molecule has 3 aromatic carbocycles. The number of nitrogens with zero attached hydrogens (tertiary/aromatic N) is 3. The van der Waals surface area contributed by atoms with Crippen molar-refractivity contribution < 1.29 is 43.7 Å². The Morgan fingerprint density at radius 2 is 1.31 bits per heavy atom. The maximum Gasteiger partial charge on any atom is 0.376 e. The number of rotatable bonds is 7. The Bertz CT molecular complexity index is 1190. The van der Waals surface area contributed by atoms with E-state index in [2.05, 4.69) is 35.0 Å². The van der Waals surface area contributed by atoms with Gasteiger partial charge in [0.05, 0.1) is 11.1 Å². The standard InChI is InChI=1S/C22H15N3O7.6H2/c26-18-13-16(22(27)29-31-32-30-28)11-12-17(18)21-24-19(14-7-3-1-4-8-14)23-20(25-21)15-9-5-2-6-10-15;;;;;;/h1-13,26,28H;6*1H. The molecule has 0 unspecified atom stereocenters. The van der Waals surface area contributed by atoms with Crippen molar-refractivity contribution in [1.29, 1.82) is 0 Å². The number of aromatic nitrogens is 3. The second-order valence-corrected chi connectivity index (χ2v) is 6.35. The summed E-state index contributed by atoms with van der Waals surface area (Å²) in [5.41, 5.74) is 1.76. The van der Waals surface area contributed by atoms with Gasteiger partial charge in [-0.2, -0.15) is 0 Å². The summed E-state index contributed by atoms with van der Waals surface area (Å²) >= 11 is 0. The molecule has 10 nitrogen and oxygen atoms in total. The average Bonchev–Trinajstić information content (AvgIpc) is 2.85. The van der Waals surface area contributed by atoms with Crippen molar-refractivity contribution in [3.63, 3.8) is 0 Å². The molecule has 0 bridgehead atoms. The second kappa shape index (κ2) is 9.73. The second-order valence-electron chi connectivity index (χ2n) is 6.35. The summed E-state index contributed by atoms with van der Waals surface area (Å²) in [4.78, 5) is 29.7. The summed E-state index contributed by atoms with van der Waals surface area (Å²) in [7, 11) is 0. The molecule has 0 saturated carbocycles. The Kier molecular flexibility index (Phi) is 6.39. The lowest BCUT2D eigenvalue weighted by Crippen LogP contribution is -2.07. The third-order valence-corrected chi connectivity index (χ3v) is 4.34. The van der Waals surface area contributed by atoms with Crippen LogP contribution in [0.5, 0.6) is 5.75 Å². The van der Waals surface area contributed by atoms with E-state index in [1.165, 1.54) is 12.1 Å². The Morgan fingerprint density at radius 1 is 0.750 bits per heavy atom. The van der Waals surface area contributed by atoms with Gasteiger partial charge in [-0.25, -0.2) is 25.0 Å². The number of carbonyl (C=O) groups is 1. The van der Waals surface area contributed by atoms with Crippen molar-refractivity contribution in [2.24, 2.45) is 0 Å². The van der Waals surface area contributed by atoms with Gasteiger partial charge in [0, 0.05) is 29.8 Å². The molecule has 4 rings (SSSR count). The molecule has 0 radical (unpaired) electrons. The fourth-order valence-corrected chi connectivity index (χ4v) is 2.88. The van der Waals surface area contributed by atoms with Gasteiger partial charge in [-0.05, 0) is 23.2 Å². The van der Waals surface area contributed by atoms with Crippen LogP contribution in [-0.2, 0) is 20.0 Å². The molecule has 1 heterocycles. The van der Waals surface area contributed by atoms with Gasteiger partial charge in [0.2, 0.25) is 0 Å². The Morgan fingerprint density at radius 3 is 1.84 bits per heavy atom. The monoisotopic (exact) mass is 445 g/mol. The molecule has 0 aliphatic rings. The summed E-state index contributed by atoms with van der Waals surface area (Å²) in [6, 6.07) is 22.7. The first-order valence-electron chi connectivity index (χ1n) is 9.22. The van der Waals surface area contributed by atoms with E-state index in [4.69, 9.17) is 5.26 Å². The predicted molar refractivity (Wildman–Crippen MR) is 122 cm³/mol. The van der Waals surface area contributed by atoms with Gasteiger partial charge in [-0.1, -0.05) is 60.7 Å². The zero-order chi connectivity index (χ0) is 22.3. The van der Waals surface area contributed by atoms with Crippen LogP contribution in [0.2, 0.25) is 0 Å². The zero-order valence-corrected chi connectivity index (χ0v) is 16.3. The first kappa shape index (κ1) is 21.0. The van der Waals surface area contributed by atoms with Gasteiger partial charge >= 0.3 is 5.97 Å². The van der Waals surface area contributed by atoms with Crippen LogP contribution in [-0.4, -0.2) is 31.3 Å². The maximum atomic E-state index is 11.9. The molecule has 1 aromatic heterocycles. The molecule has 4 aromatic rings. The molecule has 0 fully saturated rings. The molecule has 0 aliphatic carbocycles. The van der Waals surface area contributed by atoms with Crippen LogP contribution in [0, 0.1) is 0 Å². The van der Waals surface area contributed by atoms with Crippen molar-refractivity contribution in [3.05, 3.63) is 84.4 Å². The summed E-state index contributed by atoms with van der Waals surface area (Å²) in [6.07, 6.45) is 0. The van der Waals surface area contributed by atoms with Crippen LogP contribution < -0.4 is 0 Å². The lowest BCUT2D eigenvalue weighted by molar-refractivity contribution is -0.689. The van der Waals surface area contributed by atoms with Gasteiger partial charge in [-0.15, -0.1) is 0 Å². The Balaban J connectivity index is -0.00000204. The third-order valence-electron chi connectivity index (χ3n) is 4.34. The molecule has 0 aliphatic heterocycles. The summed E-state index contributed by atoms with van der Waals surface area (Å²) in [5, 5.41) is 29.1. The fourth-order valence-electron chi connectivity index (χ4n) is 2.88. The molecule has 0 spiro atoms. The number of aromatic hydroxyl groups is 1. The fraction of sp³-hybridized carbons (Fsp3) is 0. The van der Waals surface area contributed by atoms with Gasteiger partial charge < -0.3 is 5.11 Å². The van der Waals surface area contributed by atoms with Crippen LogP contribution >= 0.6 is 0 Å². The third kappa shape index (κ3) is 4.74. The molecule has 0 saturated heterocycles. The van der Waals surface area contributed by atoms with Gasteiger partial charge in [0.1, 0.15) is 5.75 Å². The van der Waals surface area contributed by atoms with Crippen LogP contribution in [0.4, 0.5) is 0 Å². The number of benzene rings is 3. The minimum Gasteiger partial charge on any atom is -0.507 e. The summed E-state index contributed by atoms with van der Waals surface area (Å²) in [6.45, 7) is 0. The SMILES string of the molecule is O=C(OOOOO)c1ccc(-c2nc(-c3ccccc3)nc(-c3ccccc3)n2)c(O)c1.[HH].[HH].[HH].[HH].[HH].[HH]. The number of carbonyl (C=O) groups excluding carboxylic acids is 1. The molecule has 32 heavy (non-hydrogen) atoms. The van der Waals surface area contributed by atoms with E-state index >= 15 is 0 Å². The van der Waals surface area contributed by atoms with Crippen LogP contribution in [0.15, 0.2) is 78.9 Å². The highest BCUT2D eigenvalue weighted by Crippen LogP contribution is 2.30. The topological polar surface area (TPSA) is 133 Å². The minimum absolute atomic E-state index is 0. The van der Waals surface area contributed by atoms with Crippen molar-refractivity contribution in [3.8, 4) is 39.9 Å². The van der Waals surface area contributed by atoms with Gasteiger partial charge in [0.15, 0.2) is 17.5 Å². The predicted octanol–water partition coefficient (Wildman–Crippen LogP) is 5.48. The van der Waals surface area contributed by atoms with E-state index in [1.54, 1.807) is 0 Å². The first-order valence-corrected chi connectivity index (χ1v) is 9.22. The number of hydrogen-bond donors (Lipinski definition) is 2. The Hall–Kier alpha value is -4.22. The number of hydrogen-bond acceptors (Lipinski definition) is 10. The lowest BCUT2D eigenvalue weighted by atomic mass is 10.1. The molecular formula is C22H27N3O7. The van der Waals surface area contributed by atoms with Crippen LogP contribution in [0.25, 0.3) is 34.2 Å². The minimum atomic E-state index is -1.01. The van der Waals surface area contributed by atoms with E-state index in [1.807, 2.05) is 60.7 Å². The van der Waals surface area contributed by atoms with Gasteiger partial charge in [0.25, 0.3) is 0 Å².